The standard InChI is InChI=1S/C12H16O6/c13-6-9(15)11(16)12(17)10(7-14)18-8-4-2-1-3-5-8/h1-5,7,9-13,15-17H,6H2/t9-,10-,11-,12-/m1/s1. The van der Waals surface area contributed by atoms with Gasteiger partial charge in [-0.05, 0) is 12.1 Å². The van der Waals surface area contributed by atoms with E-state index in [1.54, 1.807) is 30.3 Å². The zero-order valence-electron chi connectivity index (χ0n) is 9.59. The summed E-state index contributed by atoms with van der Waals surface area (Å²) >= 11 is 0. The molecule has 0 aliphatic carbocycles. The Morgan fingerprint density at radius 2 is 1.72 bits per heavy atom. The van der Waals surface area contributed by atoms with Gasteiger partial charge in [0, 0.05) is 0 Å². The molecule has 4 atom stereocenters. The van der Waals surface area contributed by atoms with Crippen LogP contribution in [0.25, 0.3) is 0 Å². The zero-order valence-corrected chi connectivity index (χ0v) is 9.59. The molecule has 0 amide bonds. The summed E-state index contributed by atoms with van der Waals surface area (Å²) in [7, 11) is 0. The van der Waals surface area contributed by atoms with Gasteiger partial charge in [0.25, 0.3) is 0 Å². The molecular weight excluding hydrogens is 240 g/mol. The van der Waals surface area contributed by atoms with E-state index in [9.17, 15) is 20.1 Å². The Balaban J connectivity index is 2.68. The number of carbonyl (C=O) groups is 1. The molecule has 0 saturated carbocycles. The van der Waals surface area contributed by atoms with E-state index in [0.717, 1.165) is 0 Å². The van der Waals surface area contributed by atoms with Crippen LogP contribution in [0.3, 0.4) is 0 Å². The van der Waals surface area contributed by atoms with Crippen LogP contribution in [0, 0.1) is 0 Å². The molecule has 100 valence electrons. The Kier molecular flexibility index (Phi) is 5.73. The van der Waals surface area contributed by atoms with Gasteiger partial charge >= 0.3 is 0 Å². The molecule has 0 unspecified atom stereocenters. The van der Waals surface area contributed by atoms with Crippen LogP contribution in [0.1, 0.15) is 0 Å². The average molecular weight is 256 g/mol. The van der Waals surface area contributed by atoms with Crippen molar-refractivity contribution in [2.45, 2.75) is 24.4 Å². The molecule has 1 aromatic rings. The van der Waals surface area contributed by atoms with Gasteiger partial charge in [-0.25, -0.2) is 0 Å². The number of aliphatic hydroxyl groups excluding tert-OH is 4. The number of aliphatic hydroxyl groups is 4. The number of ether oxygens (including phenoxy) is 1. The second-order valence-electron chi connectivity index (χ2n) is 3.76. The zero-order chi connectivity index (χ0) is 13.5. The number of aldehydes is 1. The van der Waals surface area contributed by atoms with Gasteiger partial charge in [-0.3, -0.25) is 4.79 Å². The fraction of sp³-hybridized carbons (Fsp3) is 0.417. The van der Waals surface area contributed by atoms with Crippen molar-refractivity contribution in [2.24, 2.45) is 0 Å². The number of rotatable bonds is 7. The molecule has 6 heteroatoms. The van der Waals surface area contributed by atoms with E-state index < -0.39 is 31.0 Å². The van der Waals surface area contributed by atoms with E-state index in [2.05, 4.69) is 0 Å². The molecule has 0 aliphatic heterocycles. The number of carbonyl (C=O) groups excluding carboxylic acids is 1. The monoisotopic (exact) mass is 256 g/mol. The van der Waals surface area contributed by atoms with Gasteiger partial charge in [0.15, 0.2) is 12.4 Å². The Labute approximate surface area is 104 Å². The predicted octanol–water partition coefficient (Wildman–Crippen LogP) is -1.29. The van der Waals surface area contributed by atoms with Crippen LogP contribution in [0.5, 0.6) is 5.75 Å². The van der Waals surface area contributed by atoms with E-state index in [0.29, 0.717) is 12.0 Å². The highest BCUT2D eigenvalue weighted by atomic mass is 16.5. The minimum absolute atomic E-state index is 0.324. The molecule has 1 aromatic carbocycles. The summed E-state index contributed by atoms with van der Waals surface area (Å²) in [5.74, 6) is 0.347. The molecular formula is C12H16O6. The third kappa shape index (κ3) is 3.78. The van der Waals surface area contributed by atoms with Crippen LogP contribution in [0.2, 0.25) is 0 Å². The van der Waals surface area contributed by atoms with E-state index in [-0.39, 0.29) is 0 Å². The van der Waals surface area contributed by atoms with Gasteiger partial charge in [0.05, 0.1) is 6.61 Å². The van der Waals surface area contributed by atoms with Crippen LogP contribution in [-0.4, -0.2) is 57.7 Å². The molecule has 1 rings (SSSR count). The lowest BCUT2D eigenvalue weighted by Gasteiger charge is -2.26. The van der Waals surface area contributed by atoms with Crippen molar-refractivity contribution in [3.8, 4) is 5.75 Å². The molecule has 6 nitrogen and oxygen atoms in total. The fourth-order valence-electron chi connectivity index (χ4n) is 1.36. The molecule has 0 aliphatic rings. The predicted molar refractivity (Wildman–Crippen MR) is 62.0 cm³/mol. The molecule has 0 heterocycles. The topological polar surface area (TPSA) is 107 Å². The molecule has 0 saturated heterocycles. The van der Waals surface area contributed by atoms with Crippen molar-refractivity contribution in [1.29, 1.82) is 0 Å². The summed E-state index contributed by atoms with van der Waals surface area (Å²) in [6.45, 7) is -0.727. The van der Waals surface area contributed by atoms with Crippen molar-refractivity contribution >= 4 is 6.29 Å². The molecule has 0 radical (unpaired) electrons. The summed E-state index contributed by atoms with van der Waals surface area (Å²) in [5.41, 5.74) is 0. The van der Waals surface area contributed by atoms with E-state index in [1.807, 2.05) is 0 Å². The molecule has 0 bridgehead atoms. The lowest BCUT2D eigenvalue weighted by molar-refractivity contribution is -0.133. The molecule has 0 aromatic heterocycles. The first-order valence-electron chi connectivity index (χ1n) is 5.42. The van der Waals surface area contributed by atoms with Gasteiger partial charge in [0.1, 0.15) is 24.1 Å². The summed E-state index contributed by atoms with van der Waals surface area (Å²) in [6.07, 6.45) is -5.85. The van der Waals surface area contributed by atoms with Crippen molar-refractivity contribution < 1.29 is 30.0 Å². The maximum Gasteiger partial charge on any atom is 0.182 e. The molecule has 4 N–H and O–H groups in total. The summed E-state index contributed by atoms with van der Waals surface area (Å²) in [6, 6.07) is 8.28. The fourth-order valence-corrected chi connectivity index (χ4v) is 1.36. The first-order chi connectivity index (χ1) is 8.60. The van der Waals surface area contributed by atoms with Gasteiger partial charge in [-0.1, -0.05) is 18.2 Å². The highest BCUT2D eigenvalue weighted by Gasteiger charge is 2.32. The third-order valence-electron chi connectivity index (χ3n) is 2.42. The average Bonchev–Trinajstić information content (AvgIpc) is 2.43. The summed E-state index contributed by atoms with van der Waals surface area (Å²) in [4.78, 5) is 10.8. The number of hydrogen-bond acceptors (Lipinski definition) is 6. The van der Waals surface area contributed by atoms with Crippen LogP contribution in [-0.2, 0) is 4.79 Å². The number of benzene rings is 1. The SMILES string of the molecule is O=C[C@@H](Oc1ccccc1)[C@@H](O)[C@H](O)[C@H](O)CO. The lowest BCUT2D eigenvalue weighted by atomic mass is 10.0. The largest absolute Gasteiger partial charge is 0.480 e. The maximum atomic E-state index is 10.8. The second kappa shape index (κ2) is 7.07. The van der Waals surface area contributed by atoms with Crippen LogP contribution >= 0.6 is 0 Å². The van der Waals surface area contributed by atoms with Gasteiger partial charge in [-0.15, -0.1) is 0 Å². The highest BCUT2D eigenvalue weighted by molar-refractivity contribution is 5.58. The quantitative estimate of drug-likeness (QED) is 0.452. The number of hydrogen-bond donors (Lipinski definition) is 4. The highest BCUT2D eigenvalue weighted by Crippen LogP contribution is 2.14. The van der Waals surface area contributed by atoms with Crippen molar-refractivity contribution in [1.82, 2.24) is 0 Å². The van der Waals surface area contributed by atoms with Gasteiger partial charge in [-0.2, -0.15) is 0 Å². The first kappa shape index (κ1) is 14.6. The molecule has 18 heavy (non-hydrogen) atoms. The maximum absolute atomic E-state index is 10.8. The van der Waals surface area contributed by atoms with Crippen LogP contribution < -0.4 is 4.74 Å². The van der Waals surface area contributed by atoms with Crippen molar-refractivity contribution in [2.75, 3.05) is 6.61 Å². The van der Waals surface area contributed by atoms with Crippen LogP contribution in [0.15, 0.2) is 30.3 Å². The summed E-state index contributed by atoms with van der Waals surface area (Å²) < 4.78 is 5.17. The summed E-state index contributed by atoms with van der Waals surface area (Å²) in [5, 5.41) is 37.0. The Morgan fingerprint density at radius 1 is 1.11 bits per heavy atom. The Hall–Kier alpha value is -1.47. The van der Waals surface area contributed by atoms with E-state index in [1.165, 1.54) is 0 Å². The minimum Gasteiger partial charge on any atom is -0.480 e. The van der Waals surface area contributed by atoms with E-state index in [4.69, 9.17) is 9.84 Å². The lowest BCUT2D eigenvalue weighted by Crippen LogP contribution is -2.48. The third-order valence-corrected chi connectivity index (χ3v) is 2.42. The van der Waals surface area contributed by atoms with Gasteiger partial charge < -0.3 is 25.2 Å². The smallest absolute Gasteiger partial charge is 0.182 e. The number of para-hydroxylation sites is 1. The van der Waals surface area contributed by atoms with Crippen LogP contribution in [0.4, 0.5) is 0 Å². The Bertz CT molecular complexity index is 355. The minimum atomic E-state index is -1.67. The van der Waals surface area contributed by atoms with Crippen molar-refractivity contribution in [3.63, 3.8) is 0 Å². The normalized spacial score (nSPS) is 17.6. The Morgan fingerprint density at radius 3 is 2.22 bits per heavy atom. The molecule has 0 fully saturated rings. The van der Waals surface area contributed by atoms with E-state index >= 15 is 0 Å². The second-order valence-corrected chi connectivity index (χ2v) is 3.76. The first-order valence-corrected chi connectivity index (χ1v) is 5.42. The van der Waals surface area contributed by atoms with Gasteiger partial charge in [0.2, 0.25) is 0 Å². The van der Waals surface area contributed by atoms with Crippen molar-refractivity contribution in [3.05, 3.63) is 30.3 Å². The molecule has 0 spiro atoms.